The van der Waals surface area contributed by atoms with Gasteiger partial charge in [-0.15, -0.1) is 0 Å². The van der Waals surface area contributed by atoms with Crippen molar-refractivity contribution in [1.82, 2.24) is 4.98 Å². The van der Waals surface area contributed by atoms with E-state index in [1.54, 1.807) is 7.05 Å². The van der Waals surface area contributed by atoms with Gasteiger partial charge >= 0.3 is 5.97 Å². The summed E-state index contributed by atoms with van der Waals surface area (Å²) in [5, 5.41) is 3.58. The SMILES string of the molecule is CNc1ncc(C(=O)OC(C)(C)C)s1. The van der Waals surface area contributed by atoms with Crippen molar-refractivity contribution in [1.29, 1.82) is 0 Å². The maximum absolute atomic E-state index is 11.5. The molecule has 0 saturated heterocycles. The van der Waals surface area contributed by atoms with E-state index in [1.807, 2.05) is 20.8 Å². The fourth-order valence-corrected chi connectivity index (χ4v) is 1.46. The molecule has 4 nitrogen and oxygen atoms in total. The Hall–Kier alpha value is -1.10. The first-order chi connectivity index (χ1) is 6.42. The number of thiazole rings is 1. The van der Waals surface area contributed by atoms with Gasteiger partial charge in [-0.2, -0.15) is 0 Å². The van der Waals surface area contributed by atoms with Crippen molar-refractivity contribution >= 4 is 22.4 Å². The van der Waals surface area contributed by atoms with E-state index >= 15 is 0 Å². The Morgan fingerprint density at radius 3 is 2.64 bits per heavy atom. The molecule has 1 aromatic rings. The lowest BCUT2D eigenvalue weighted by Crippen LogP contribution is -2.23. The van der Waals surface area contributed by atoms with Crippen molar-refractivity contribution in [3.8, 4) is 0 Å². The molecule has 0 aliphatic heterocycles. The minimum absolute atomic E-state index is 0.323. The summed E-state index contributed by atoms with van der Waals surface area (Å²) in [6, 6.07) is 0. The lowest BCUT2D eigenvalue weighted by molar-refractivity contribution is 0.00750. The molecule has 0 atom stereocenters. The van der Waals surface area contributed by atoms with Gasteiger partial charge in [-0.1, -0.05) is 11.3 Å². The lowest BCUT2D eigenvalue weighted by atomic mass is 10.2. The Bertz CT molecular complexity index is 328. The summed E-state index contributed by atoms with van der Waals surface area (Å²) >= 11 is 1.28. The van der Waals surface area contributed by atoms with E-state index < -0.39 is 5.60 Å². The monoisotopic (exact) mass is 214 g/mol. The summed E-state index contributed by atoms with van der Waals surface area (Å²) in [5.41, 5.74) is -0.457. The van der Waals surface area contributed by atoms with Crippen LogP contribution in [0.5, 0.6) is 0 Å². The average molecular weight is 214 g/mol. The van der Waals surface area contributed by atoms with Crippen LogP contribution >= 0.6 is 11.3 Å². The molecule has 1 rings (SSSR count). The van der Waals surface area contributed by atoms with Crippen LogP contribution < -0.4 is 5.32 Å². The number of anilines is 1. The van der Waals surface area contributed by atoms with E-state index in [1.165, 1.54) is 17.5 Å². The molecule has 14 heavy (non-hydrogen) atoms. The zero-order valence-corrected chi connectivity index (χ0v) is 9.57. The van der Waals surface area contributed by atoms with Crippen LogP contribution in [-0.2, 0) is 4.74 Å². The maximum atomic E-state index is 11.5. The predicted molar refractivity (Wildman–Crippen MR) is 56.8 cm³/mol. The third-order valence-electron chi connectivity index (χ3n) is 1.32. The standard InChI is InChI=1S/C9H14N2O2S/c1-9(2,3)13-7(12)6-5-11-8(10-4)14-6/h5H,1-4H3,(H,10,11). The number of aromatic nitrogens is 1. The van der Waals surface area contributed by atoms with Gasteiger partial charge in [-0.05, 0) is 20.8 Å². The molecule has 78 valence electrons. The Morgan fingerprint density at radius 1 is 1.57 bits per heavy atom. The normalized spacial score (nSPS) is 11.1. The first-order valence-electron chi connectivity index (χ1n) is 4.29. The summed E-state index contributed by atoms with van der Waals surface area (Å²) in [5.74, 6) is -0.323. The molecule has 0 fully saturated rings. The van der Waals surface area contributed by atoms with Crippen molar-refractivity contribution in [3.63, 3.8) is 0 Å². The Kier molecular flexibility index (Phi) is 3.10. The van der Waals surface area contributed by atoms with Crippen LogP contribution in [0.25, 0.3) is 0 Å². The van der Waals surface area contributed by atoms with Gasteiger partial charge in [0.05, 0.1) is 6.20 Å². The van der Waals surface area contributed by atoms with Crippen LogP contribution in [0.4, 0.5) is 5.13 Å². The molecule has 0 bridgehead atoms. The van der Waals surface area contributed by atoms with Crippen LogP contribution in [-0.4, -0.2) is 23.6 Å². The van der Waals surface area contributed by atoms with E-state index in [-0.39, 0.29) is 5.97 Å². The Balaban J connectivity index is 2.70. The molecule has 1 aromatic heterocycles. The van der Waals surface area contributed by atoms with Gasteiger partial charge < -0.3 is 10.1 Å². The van der Waals surface area contributed by atoms with Crippen LogP contribution in [0.1, 0.15) is 30.4 Å². The molecule has 0 spiro atoms. The molecule has 0 unspecified atom stereocenters. The molecular weight excluding hydrogens is 200 g/mol. The number of nitrogens with one attached hydrogen (secondary N) is 1. The Morgan fingerprint density at radius 2 is 2.21 bits per heavy atom. The Labute approximate surface area is 87.3 Å². The molecule has 0 aliphatic carbocycles. The maximum Gasteiger partial charge on any atom is 0.350 e. The number of nitrogens with zero attached hydrogens (tertiary/aromatic N) is 1. The molecule has 1 heterocycles. The fraction of sp³-hybridized carbons (Fsp3) is 0.556. The van der Waals surface area contributed by atoms with E-state index in [2.05, 4.69) is 10.3 Å². The highest BCUT2D eigenvalue weighted by atomic mass is 32.1. The molecule has 5 heteroatoms. The molecule has 1 N–H and O–H groups in total. The van der Waals surface area contributed by atoms with E-state index in [9.17, 15) is 4.79 Å². The summed E-state index contributed by atoms with van der Waals surface area (Å²) in [4.78, 5) is 16.0. The van der Waals surface area contributed by atoms with Crippen molar-refractivity contribution in [2.75, 3.05) is 12.4 Å². The topological polar surface area (TPSA) is 51.2 Å². The second-order valence-electron chi connectivity index (χ2n) is 3.78. The number of carbonyl (C=O) groups is 1. The zero-order valence-electron chi connectivity index (χ0n) is 8.75. The lowest BCUT2D eigenvalue weighted by Gasteiger charge is -2.18. The van der Waals surface area contributed by atoms with E-state index in [0.29, 0.717) is 10.0 Å². The number of ether oxygens (including phenoxy) is 1. The smallest absolute Gasteiger partial charge is 0.350 e. The molecule has 0 amide bonds. The van der Waals surface area contributed by atoms with Gasteiger partial charge in [-0.3, -0.25) is 0 Å². The van der Waals surface area contributed by atoms with Crippen molar-refractivity contribution < 1.29 is 9.53 Å². The van der Waals surface area contributed by atoms with Gasteiger partial charge in [0, 0.05) is 7.05 Å². The molecule has 0 radical (unpaired) electrons. The van der Waals surface area contributed by atoms with Gasteiger partial charge in [0.1, 0.15) is 10.5 Å². The highest BCUT2D eigenvalue weighted by Gasteiger charge is 2.19. The second-order valence-corrected chi connectivity index (χ2v) is 4.81. The number of esters is 1. The predicted octanol–water partition coefficient (Wildman–Crippen LogP) is 2.14. The molecule has 0 saturated carbocycles. The van der Waals surface area contributed by atoms with Crippen LogP contribution in [0.3, 0.4) is 0 Å². The van der Waals surface area contributed by atoms with Gasteiger partial charge in [0.25, 0.3) is 0 Å². The quantitative estimate of drug-likeness (QED) is 0.766. The number of rotatable bonds is 2. The van der Waals surface area contributed by atoms with Crippen molar-refractivity contribution in [3.05, 3.63) is 11.1 Å². The highest BCUT2D eigenvalue weighted by Crippen LogP contribution is 2.20. The van der Waals surface area contributed by atoms with Gasteiger partial charge in [0.15, 0.2) is 5.13 Å². The third kappa shape index (κ3) is 2.99. The van der Waals surface area contributed by atoms with Crippen LogP contribution in [0.15, 0.2) is 6.20 Å². The van der Waals surface area contributed by atoms with E-state index in [4.69, 9.17) is 4.74 Å². The first-order valence-corrected chi connectivity index (χ1v) is 5.11. The first kappa shape index (κ1) is 11.0. The molecule has 0 aromatic carbocycles. The molecular formula is C9H14N2O2S. The van der Waals surface area contributed by atoms with Gasteiger partial charge in [0.2, 0.25) is 0 Å². The number of hydrogen-bond donors (Lipinski definition) is 1. The zero-order chi connectivity index (χ0) is 10.8. The highest BCUT2D eigenvalue weighted by molar-refractivity contribution is 7.17. The summed E-state index contributed by atoms with van der Waals surface area (Å²) in [7, 11) is 1.76. The molecule has 0 aliphatic rings. The number of hydrogen-bond acceptors (Lipinski definition) is 5. The fourth-order valence-electron chi connectivity index (χ4n) is 0.812. The summed E-state index contributed by atoms with van der Waals surface area (Å²) < 4.78 is 5.19. The summed E-state index contributed by atoms with van der Waals surface area (Å²) in [6.07, 6.45) is 1.52. The summed E-state index contributed by atoms with van der Waals surface area (Å²) in [6.45, 7) is 5.51. The van der Waals surface area contributed by atoms with Crippen LogP contribution in [0, 0.1) is 0 Å². The minimum Gasteiger partial charge on any atom is -0.456 e. The third-order valence-corrected chi connectivity index (χ3v) is 2.31. The van der Waals surface area contributed by atoms with E-state index in [0.717, 1.165) is 0 Å². The number of carbonyl (C=O) groups excluding carboxylic acids is 1. The van der Waals surface area contributed by atoms with Gasteiger partial charge in [-0.25, -0.2) is 9.78 Å². The second kappa shape index (κ2) is 3.96. The van der Waals surface area contributed by atoms with Crippen molar-refractivity contribution in [2.24, 2.45) is 0 Å². The van der Waals surface area contributed by atoms with Crippen LogP contribution in [0.2, 0.25) is 0 Å². The average Bonchev–Trinajstić information content (AvgIpc) is 2.48. The largest absolute Gasteiger partial charge is 0.456 e. The van der Waals surface area contributed by atoms with Crippen molar-refractivity contribution in [2.45, 2.75) is 26.4 Å². The minimum atomic E-state index is -0.457.